The molecule has 1 aliphatic rings. The molecule has 0 bridgehead atoms. The van der Waals surface area contributed by atoms with Crippen LogP contribution in [0, 0.1) is 0 Å². The van der Waals surface area contributed by atoms with E-state index in [1.165, 1.54) is 6.07 Å². The monoisotopic (exact) mass is 468 g/mol. The summed E-state index contributed by atoms with van der Waals surface area (Å²) in [5, 5.41) is 11.4. The second kappa shape index (κ2) is 6.42. The van der Waals surface area contributed by atoms with E-state index in [-0.39, 0.29) is 16.1 Å². The SMILES string of the molecule is O=C1N=c2ccc(Br)cc2=C1c1sc(=O)n(-c2cccc(C(F)(F)F)c2)c1O. The van der Waals surface area contributed by atoms with Gasteiger partial charge in [-0.05, 0) is 36.4 Å². The molecule has 0 spiro atoms. The summed E-state index contributed by atoms with van der Waals surface area (Å²) in [6.45, 7) is 0. The highest BCUT2D eigenvalue weighted by molar-refractivity contribution is 9.10. The van der Waals surface area contributed by atoms with Gasteiger partial charge >= 0.3 is 11.0 Å². The number of aromatic hydroxyl groups is 1. The molecule has 1 N–H and O–H groups in total. The number of nitrogens with zero attached hydrogens (tertiary/aromatic N) is 2. The van der Waals surface area contributed by atoms with Gasteiger partial charge in [-0.15, -0.1) is 0 Å². The minimum absolute atomic E-state index is 0.0293. The number of alkyl halides is 3. The van der Waals surface area contributed by atoms with Crippen molar-refractivity contribution >= 4 is 38.7 Å². The fourth-order valence-corrected chi connectivity index (χ4v) is 4.19. The molecule has 0 unspecified atom stereocenters. The number of rotatable bonds is 2. The molecular formula is C18H8BrF3N2O3S. The quantitative estimate of drug-likeness (QED) is 0.628. The van der Waals surface area contributed by atoms with Crippen LogP contribution in [-0.4, -0.2) is 15.6 Å². The van der Waals surface area contributed by atoms with Gasteiger partial charge in [-0.25, -0.2) is 9.56 Å². The van der Waals surface area contributed by atoms with Crippen LogP contribution in [0.1, 0.15) is 10.4 Å². The van der Waals surface area contributed by atoms with E-state index in [4.69, 9.17) is 0 Å². The summed E-state index contributed by atoms with van der Waals surface area (Å²) in [4.78, 5) is 27.9. The third-order valence-electron chi connectivity index (χ3n) is 4.11. The first-order chi connectivity index (χ1) is 13.2. The van der Waals surface area contributed by atoms with Gasteiger partial charge in [0.1, 0.15) is 4.88 Å². The lowest BCUT2D eigenvalue weighted by molar-refractivity contribution is -0.137. The molecule has 1 aromatic heterocycles. The zero-order valence-corrected chi connectivity index (χ0v) is 16.0. The minimum atomic E-state index is -4.60. The molecule has 1 aliphatic heterocycles. The van der Waals surface area contributed by atoms with Crippen LogP contribution in [0.2, 0.25) is 0 Å². The highest BCUT2D eigenvalue weighted by atomic mass is 79.9. The van der Waals surface area contributed by atoms with Crippen LogP contribution in [0.3, 0.4) is 0 Å². The van der Waals surface area contributed by atoms with Crippen LogP contribution >= 0.6 is 27.3 Å². The lowest BCUT2D eigenvalue weighted by atomic mass is 10.1. The summed E-state index contributed by atoms with van der Waals surface area (Å²) < 4.78 is 40.3. The highest BCUT2D eigenvalue weighted by Crippen LogP contribution is 2.33. The Morgan fingerprint density at radius 1 is 1.11 bits per heavy atom. The molecule has 1 amide bonds. The highest BCUT2D eigenvalue weighted by Gasteiger charge is 2.32. The predicted octanol–water partition coefficient (Wildman–Crippen LogP) is 2.74. The molecule has 2 heterocycles. The molecule has 0 saturated carbocycles. The maximum absolute atomic E-state index is 13.0. The van der Waals surface area contributed by atoms with Gasteiger partial charge in [0.15, 0.2) is 0 Å². The lowest BCUT2D eigenvalue weighted by Gasteiger charge is -2.09. The van der Waals surface area contributed by atoms with Crippen molar-refractivity contribution in [3.8, 4) is 11.6 Å². The van der Waals surface area contributed by atoms with Crippen molar-refractivity contribution in [2.24, 2.45) is 4.99 Å². The van der Waals surface area contributed by atoms with Crippen molar-refractivity contribution in [3.63, 3.8) is 0 Å². The molecular weight excluding hydrogens is 461 g/mol. The van der Waals surface area contributed by atoms with Crippen molar-refractivity contribution in [1.82, 2.24) is 4.57 Å². The van der Waals surface area contributed by atoms with Gasteiger partial charge in [-0.2, -0.15) is 13.2 Å². The Kier molecular flexibility index (Phi) is 4.27. The van der Waals surface area contributed by atoms with Crippen LogP contribution in [0.15, 0.2) is 56.7 Å². The number of amides is 1. The Labute approximate surface area is 166 Å². The number of hydrogen-bond donors (Lipinski definition) is 1. The molecule has 0 radical (unpaired) electrons. The second-order valence-corrected chi connectivity index (χ2v) is 7.73. The Morgan fingerprint density at radius 3 is 2.57 bits per heavy atom. The Hall–Kier alpha value is -2.72. The van der Waals surface area contributed by atoms with Crippen LogP contribution in [0.5, 0.6) is 5.88 Å². The first-order valence-corrected chi connectivity index (χ1v) is 9.33. The number of thiazole rings is 1. The van der Waals surface area contributed by atoms with E-state index < -0.39 is 28.4 Å². The largest absolute Gasteiger partial charge is 0.493 e. The maximum atomic E-state index is 13.0. The summed E-state index contributed by atoms with van der Waals surface area (Å²) in [6, 6.07) is 8.94. The molecule has 2 aromatic carbocycles. The first-order valence-electron chi connectivity index (χ1n) is 7.72. The number of hydrogen-bond acceptors (Lipinski definition) is 4. The maximum Gasteiger partial charge on any atom is 0.416 e. The molecule has 0 fully saturated rings. The van der Waals surface area contributed by atoms with Gasteiger partial charge in [-0.1, -0.05) is 33.3 Å². The molecule has 28 heavy (non-hydrogen) atoms. The van der Waals surface area contributed by atoms with Crippen LogP contribution in [0.25, 0.3) is 11.3 Å². The normalized spacial score (nSPS) is 13.6. The number of carbonyl (C=O) groups excluding carboxylic acids is 1. The van der Waals surface area contributed by atoms with E-state index in [0.717, 1.165) is 22.8 Å². The van der Waals surface area contributed by atoms with E-state index in [1.807, 2.05) is 0 Å². The summed E-state index contributed by atoms with van der Waals surface area (Å²) in [7, 11) is 0. The summed E-state index contributed by atoms with van der Waals surface area (Å²) in [6.07, 6.45) is -4.60. The topological polar surface area (TPSA) is 71.7 Å². The minimum Gasteiger partial charge on any atom is -0.493 e. The van der Waals surface area contributed by atoms with Crippen molar-refractivity contribution in [2.75, 3.05) is 0 Å². The summed E-state index contributed by atoms with van der Waals surface area (Å²) >= 11 is 3.85. The van der Waals surface area contributed by atoms with E-state index in [1.54, 1.807) is 18.2 Å². The molecule has 4 rings (SSSR count). The fourth-order valence-electron chi connectivity index (χ4n) is 2.88. The number of aromatic nitrogens is 1. The molecule has 0 saturated heterocycles. The second-order valence-electron chi connectivity index (χ2n) is 5.86. The molecule has 3 aromatic rings. The van der Waals surface area contributed by atoms with Gasteiger partial charge in [0, 0.05) is 9.69 Å². The summed E-state index contributed by atoms with van der Waals surface area (Å²) in [5.41, 5.74) is -1.09. The van der Waals surface area contributed by atoms with Crippen LogP contribution < -0.4 is 15.4 Å². The number of halogens is 4. The fraction of sp³-hybridized carbons (Fsp3) is 0.0556. The van der Waals surface area contributed by atoms with Crippen molar-refractivity contribution in [1.29, 1.82) is 0 Å². The van der Waals surface area contributed by atoms with E-state index >= 15 is 0 Å². The Morgan fingerprint density at radius 2 is 1.86 bits per heavy atom. The zero-order chi connectivity index (χ0) is 20.2. The number of carbonyl (C=O) groups is 1. The Bertz CT molecular complexity index is 1330. The van der Waals surface area contributed by atoms with Crippen molar-refractivity contribution in [2.45, 2.75) is 6.18 Å². The lowest BCUT2D eigenvalue weighted by Crippen LogP contribution is -2.22. The van der Waals surface area contributed by atoms with Gasteiger partial charge < -0.3 is 5.11 Å². The van der Waals surface area contributed by atoms with Gasteiger partial charge in [0.25, 0.3) is 5.91 Å². The standard InChI is InChI=1S/C18H8BrF3N2O3S/c19-9-4-5-12-11(7-9)13(15(25)23-12)14-16(26)24(17(27)28-14)10-3-1-2-8(6-10)18(20,21)22/h1-7,26H. The third-order valence-corrected chi connectivity index (χ3v) is 5.55. The number of fused-ring (bicyclic) bond motifs is 1. The zero-order valence-electron chi connectivity index (χ0n) is 13.6. The molecule has 0 aliphatic carbocycles. The van der Waals surface area contributed by atoms with Crippen molar-refractivity contribution in [3.05, 3.63) is 77.6 Å². The molecule has 5 nitrogen and oxygen atoms in total. The summed E-state index contributed by atoms with van der Waals surface area (Å²) in [5.74, 6) is -1.25. The van der Waals surface area contributed by atoms with Crippen LogP contribution in [-0.2, 0) is 11.0 Å². The van der Waals surface area contributed by atoms with Crippen LogP contribution in [0.4, 0.5) is 13.2 Å². The average Bonchev–Trinajstić information content (AvgIpc) is 3.09. The van der Waals surface area contributed by atoms with E-state index in [9.17, 15) is 27.9 Å². The van der Waals surface area contributed by atoms with Gasteiger partial charge in [0.05, 0.1) is 22.2 Å². The van der Waals surface area contributed by atoms with Gasteiger partial charge in [-0.3, -0.25) is 9.59 Å². The van der Waals surface area contributed by atoms with E-state index in [2.05, 4.69) is 20.9 Å². The predicted molar refractivity (Wildman–Crippen MR) is 99.0 cm³/mol. The van der Waals surface area contributed by atoms with E-state index in [0.29, 0.717) is 26.4 Å². The smallest absolute Gasteiger partial charge is 0.416 e. The van der Waals surface area contributed by atoms with Crippen molar-refractivity contribution < 1.29 is 23.1 Å². The average molecular weight is 469 g/mol. The van der Waals surface area contributed by atoms with Gasteiger partial charge in [0.2, 0.25) is 5.88 Å². The molecule has 142 valence electrons. The first kappa shape index (κ1) is 18.6. The number of benzene rings is 2. The molecule has 10 heteroatoms. The molecule has 0 atom stereocenters. The third kappa shape index (κ3) is 2.98. The Balaban J connectivity index is 1.96.